The number of alkyl halides is 1. The Balaban J connectivity index is 3.72. The van der Waals surface area contributed by atoms with Crippen molar-refractivity contribution in [2.45, 2.75) is 18.4 Å². The Morgan fingerprint density at radius 1 is 1.78 bits per heavy atom. The van der Waals surface area contributed by atoms with Crippen molar-refractivity contribution in [3.8, 4) is 0 Å². The van der Waals surface area contributed by atoms with Crippen LogP contribution >= 0.6 is 11.6 Å². The van der Waals surface area contributed by atoms with Gasteiger partial charge in [0.1, 0.15) is 0 Å². The van der Waals surface area contributed by atoms with Gasteiger partial charge in [0.05, 0.1) is 12.5 Å². The maximum absolute atomic E-state index is 10.4. The summed E-state index contributed by atoms with van der Waals surface area (Å²) in [6.07, 6.45) is -1.21. The first-order chi connectivity index (χ1) is 4.09. The molecule has 0 aliphatic rings. The second kappa shape index (κ2) is 3.69. The van der Waals surface area contributed by atoms with E-state index in [0.717, 1.165) is 0 Å². The van der Waals surface area contributed by atoms with Gasteiger partial charge in [0, 0.05) is 0 Å². The molecule has 0 rings (SSSR count). The fourth-order valence-corrected chi connectivity index (χ4v) is 0.411. The summed E-state index contributed by atoms with van der Waals surface area (Å²) in [5.41, 5.74) is 0. The molecular formula is C5H9ClO3. The number of ether oxygens (including phenoxy) is 1. The number of hydrogen-bond donors (Lipinski definition) is 1. The van der Waals surface area contributed by atoms with E-state index in [9.17, 15) is 4.79 Å². The number of methoxy groups -OCH3 is 1. The van der Waals surface area contributed by atoms with Crippen LogP contribution in [0.15, 0.2) is 0 Å². The SMILES string of the molecule is COC(=O)[C@H](O)[C@H](C)Cl. The third-order valence-electron chi connectivity index (χ3n) is 0.878. The maximum atomic E-state index is 10.4. The molecule has 0 amide bonds. The largest absolute Gasteiger partial charge is 0.467 e. The molecule has 0 aromatic carbocycles. The molecule has 1 N–H and O–H groups in total. The van der Waals surface area contributed by atoms with Gasteiger partial charge in [-0.3, -0.25) is 0 Å². The second-order valence-electron chi connectivity index (χ2n) is 1.65. The zero-order valence-corrected chi connectivity index (χ0v) is 6.05. The summed E-state index contributed by atoms with van der Waals surface area (Å²) < 4.78 is 4.20. The van der Waals surface area contributed by atoms with Crippen molar-refractivity contribution < 1.29 is 14.6 Å². The van der Waals surface area contributed by atoms with Crippen LogP contribution in [0.5, 0.6) is 0 Å². The lowest BCUT2D eigenvalue weighted by Crippen LogP contribution is -2.29. The van der Waals surface area contributed by atoms with E-state index < -0.39 is 17.5 Å². The van der Waals surface area contributed by atoms with Gasteiger partial charge >= 0.3 is 5.97 Å². The summed E-state index contributed by atoms with van der Waals surface area (Å²) in [4.78, 5) is 10.4. The molecule has 0 saturated heterocycles. The molecule has 0 spiro atoms. The van der Waals surface area contributed by atoms with Gasteiger partial charge in [0.2, 0.25) is 0 Å². The van der Waals surface area contributed by atoms with Gasteiger partial charge < -0.3 is 9.84 Å². The summed E-state index contributed by atoms with van der Waals surface area (Å²) in [5, 5.41) is 8.19. The summed E-state index contributed by atoms with van der Waals surface area (Å²) in [5.74, 6) is -0.697. The molecule has 0 fully saturated rings. The monoisotopic (exact) mass is 152 g/mol. The van der Waals surface area contributed by atoms with Crippen molar-refractivity contribution in [1.82, 2.24) is 0 Å². The van der Waals surface area contributed by atoms with Crippen molar-refractivity contribution in [2.24, 2.45) is 0 Å². The Bertz CT molecular complexity index is 102. The molecule has 0 bridgehead atoms. The van der Waals surface area contributed by atoms with Crippen molar-refractivity contribution in [2.75, 3.05) is 7.11 Å². The minimum atomic E-state index is -1.21. The first-order valence-corrected chi connectivity index (χ1v) is 2.93. The molecular weight excluding hydrogens is 144 g/mol. The number of hydrogen-bond acceptors (Lipinski definition) is 3. The van der Waals surface area contributed by atoms with Gasteiger partial charge in [-0.2, -0.15) is 0 Å². The first kappa shape index (κ1) is 8.72. The minimum Gasteiger partial charge on any atom is -0.467 e. The van der Waals surface area contributed by atoms with Crippen LogP contribution in [0, 0.1) is 0 Å². The van der Waals surface area contributed by atoms with Crippen LogP contribution in [0.4, 0.5) is 0 Å². The van der Waals surface area contributed by atoms with Crippen LogP contribution in [-0.4, -0.2) is 29.7 Å². The van der Waals surface area contributed by atoms with Gasteiger partial charge in [0.25, 0.3) is 0 Å². The van der Waals surface area contributed by atoms with E-state index >= 15 is 0 Å². The smallest absolute Gasteiger partial charge is 0.336 e. The summed E-state index contributed by atoms with van der Waals surface area (Å²) in [6, 6.07) is 0. The van der Waals surface area contributed by atoms with E-state index in [1.165, 1.54) is 14.0 Å². The van der Waals surface area contributed by atoms with E-state index in [4.69, 9.17) is 16.7 Å². The van der Waals surface area contributed by atoms with Crippen molar-refractivity contribution in [3.05, 3.63) is 0 Å². The fraction of sp³-hybridized carbons (Fsp3) is 0.800. The third kappa shape index (κ3) is 2.67. The number of carbonyl (C=O) groups excluding carboxylic acids is 1. The van der Waals surface area contributed by atoms with Crippen LogP contribution in [0.25, 0.3) is 0 Å². The van der Waals surface area contributed by atoms with Crippen molar-refractivity contribution in [3.63, 3.8) is 0 Å². The summed E-state index contributed by atoms with van der Waals surface area (Å²) in [7, 11) is 1.20. The second-order valence-corrected chi connectivity index (χ2v) is 2.33. The highest BCUT2D eigenvalue weighted by Gasteiger charge is 2.20. The number of esters is 1. The van der Waals surface area contributed by atoms with E-state index in [1.807, 2.05) is 0 Å². The molecule has 2 atom stereocenters. The van der Waals surface area contributed by atoms with Crippen LogP contribution in [0.3, 0.4) is 0 Å². The highest BCUT2D eigenvalue weighted by Crippen LogP contribution is 2.01. The average Bonchev–Trinajstić information content (AvgIpc) is 1.84. The number of aliphatic hydroxyl groups is 1. The van der Waals surface area contributed by atoms with Crippen LogP contribution in [0.2, 0.25) is 0 Å². The molecule has 0 aliphatic carbocycles. The molecule has 0 aliphatic heterocycles. The molecule has 0 aromatic rings. The summed E-state index contributed by atoms with van der Waals surface area (Å²) in [6.45, 7) is 1.52. The highest BCUT2D eigenvalue weighted by molar-refractivity contribution is 6.22. The molecule has 0 unspecified atom stereocenters. The van der Waals surface area contributed by atoms with Crippen molar-refractivity contribution in [1.29, 1.82) is 0 Å². The van der Waals surface area contributed by atoms with Crippen molar-refractivity contribution >= 4 is 17.6 Å². The molecule has 54 valence electrons. The molecule has 0 aromatic heterocycles. The Labute approximate surface area is 58.6 Å². The molecule has 0 radical (unpaired) electrons. The Kier molecular flexibility index (Phi) is 3.58. The average molecular weight is 153 g/mol. The normalized spacial score (nSPS) is 16.4. The van der Waals surface area contributed by atoms with E-state index in [0.29, 0.717) is 0 Å². The van der Waals surface area contributed by atoms with Gasteiger partial charge in [-0.25, -0.2) is 4.79 Å². The fourth-order valence-electron chi connectivity index (χ4n) is 0.308. The number of rotatable bonds is 2. The maximum Gasteiger partial charge on any atom is 0.336 e. The van der Waals surface area contributed by atoms with E-state index in [-0.39, 0.29) is 0 Å². The first-order valence-electron chi connectivity index (χ1n) is 2.49. The molecule has 3 nitrogen and oxygen atoms in total. The lowest BCUT2D eigenvalue weighted by molar-refractivity contribution is -0.150. The highest BCUT2D eigenvalue weighted by atomic mass is 35.5. The molecule has 0 heterocycles. The standard InChI is InChI=1S/C5H9ClO3/c1-3(6)4(7)5(8)9-2/h3-4,7H,1-2H3/t3-,4+/m0/s1. The zero-order valence-electron chi connectivity index (χ0n) is 5.30. The third-order valence-corrected chi connectivity index (χ3v) is 1.12. The van der Waals surface area contributed by atoms with Gasteiger partial charge in [-0.05, 0) is 6.92 Å². The lowest BCUT2D eigenvalue weighted by Gasteiger charge is -2.08. The number of aliphatic hydroxyl groups excluding tert-OH is 1. The predicted molar refractivity (Wildman–Crippen MR) is 33.3 cm³/mol. The zero-order chi connectivity index (χ0) is 7.44. The number of carbonyl (C=O) groups is 1. The molecule has 0 saturated carbocycles. The van der Waals surface area contributed by atoms with Crippen LogP contribution < -0.4 is 0 Å². The Morgan fingerprint density at radius 2 is 2.22 bits per heavy atom. The van der Waals surface area contributed by atoms with Gasteiger partial charge in [-0.15, -0.1) is 11.6 Å². The van der Waals surface area contributed by atoms with Crippen LogP contribution in [0.1, 0.15) is 6.92 Å². The minimum absolute atomic E-state index is 0.600. The van der Waals surface area contributed by atoms with Gasteiger partial charge in [-0.1, -0.05) is 0 Å². The van der Waals surface area contributed by atoms with Gasteiger partial charge in [0.15, 0.2) is 6.10 Å². The van der Waals surface area contributed by atoms with E-state index in [1.54, 1.807) is 0 Å². The predicted octanol–water partition coefficient (Wildman–Crippen LogP) is 0.148. The summed E-state index contributed by atoms with van der Waals surface area (Å²) >= 11 is 5.35. The number of halogens is 1. The molecule has 9 heavy (non-hydrogen) atoms. The Morgan fingerprint density at radius 3 is 2.33 bits per heavy atom. The molecule has 4 heteroatoms. The topological polar surface area (TPSA) is 46.5 Å². The van der Waals surface area contributed by atoms with E-state index in [2.05, 4.69) is 4.74 Å². The quantitative estimate of drug-likeness (QED) is 0.453. The van der Waals surface area contributed by atoms with Crippen LogP contribution in [-0.2, 0) is 9.53 Å². The Hall–Kier alpha value is -0.280. The lowest BCUT2D eigenvalue weighted by atomic mass is 10.3.